The highest BCUT2D eigenvalue weighted by molar-refractivity contribution is 5.57. The van der Waals surface area contributed by atoms with Gasteiger partial charge >= 0.3 is 0 Å². The lowest BCUT2D eigenvalue weighted by Crippen LogP contribution is -2.16. The minimum absolute atomic E-state index is 0.0470. The maximum absolute atomic E-state index is 13.2. The Morgan fingerprint density at radius 3 is 2.53 bits per heavy atom. The predicted molar refractivity (Wildman–Crippen MR) is 67.7 cm³/mol. The fraction of sp³-hybridized carbons (Fsp3) is 0.231. The summed E-state index contributed by atoms with van der Waals surface area (Å²) in [5.41, 5.74) is -0.0213. The van der Waals surface area contributed by atoms with Crippen LogP contribution in [0.1, 0.15) is 25.3 Å². The molecule has 0 radical (unpaired) electrons. The van der Waals surface area contributed by atoms with Gasteiger partial charge in [0.1, 0.15) is 5.82 Å². The Balaban J connectivity index is 2.58. The number of nitrogens with one attached hydrogen (secondary N) is 1. The van der Waals surface area contributed by atoms with Gasteiger partial charge in [-0.15, -0.1) is 0 Å². The zero-order chi connectivity index (χ0) is 14.2. The van der Waals surface area contributed by atoms with Crippen LogP contribution in [-0.4, -0.2) is 20.2 Å². The smallest absolute Gasteiger partial charge is 0.258 e. The molecular weight excluding hydrogens is 251 g/mol. The molecule has 100 valence electrons. The molecule has 2 rings (SSSR count). The van der Waals surface area contributed by atoms with Crippen molar-refractivity contribution in [2.75, 3.05) is 0 Å². The first-order valence-electron chi connectivity index (χ1n) is 5.72. The molecule has 0 aliphatic rings. The SMILES string of the molecule is CC(C)c1c(O)nc(-c2ccc(O)c(F)c2)[nH]c1=O. The van der Waals surface area contributed by atoms with E-state index in [0.717, 1.165) is 12.1 Å². The van der Waals surface area contributed by atoms with Gasteiger partial charge < -0.3 is 15.2 Å². The van der Waals surface area contributed by atoms with Gasteiger partial charge in [-0.25, -0.2) is 4.39 Å². The number of halogens is 1. The number of phenols is 1. The van der Waals surface area contributed by atoms with E-state index in [9.17, 15) is 14.3 Å². The van der Waals surface area contributed by atoms with Crippen molar-refractivity contribution in [1.82, 2.24) is 9.97 Å². The van der Waals surface area contributed by atoms with Crippen LogP contribution in [0.15, 0.2) is 23.0 Å². The number of rotatable bonds is 2. The van der Waals surface area contributed by atoms with Gasteiger partial charge in [-0.1, -0.05) is 13.8 Å². The molecule has 2 aromatic rings. The van der Waals surface area contributed by atoms with Crippen molar-refractivity contribution in [3.63, 3.8) is 0 Å². The fourth-order valence-corrected chi connectivity index (χ4v) is 1.78. The molecule has 1 heterocycles. The number of hydrogen-bond donors (Lipinski definition) is 3. The van der Waals surface area contributed by atoms with E-state index in [1.54, 1.807) is 13.8 Å². The van der Waals surface area contributed by atoms with Crippen molar-refractivity contribution in [2.45, 2.75) is 19.8 Å². The predicted octanol–water partition coefficient (Wildman–Crippen LogP) is 2.11. The van der Waals surface area contributed by atoms with E-state index in [4.69, 9.17) is 5.11 Å². The topological polar surface area (TPSA) is 86.2 Å². The van der Waals surface area contributed by atoms with Crippen LogP contribution in [0.2, 0.25) is 0 Å². The van der Waals surface area contributed by atoms with E-state index in [1.807, 2.05) is 0 Å². The molecule has 1 aromatic carbocycles. The second-order valence-electron chi connectivity index (χ2n) is 4.47. The van der Waals surface area contributed by atoms with Gasteiger partial charge in [0.25, 0.3) is 5.56 Å². The first kappa shape index (κ1) is 13.1. The largest absolute Gasteiger partial charge is 0.505 e. The Morgan fingerprint density at radius 1 is 1.32 bits per heavy atom. The highest BCUT2D eigenvalue weighted by Crippen LogP contribution is 2.25. The summed E-state index contributed by atoms with van der Waals surface area (Å²) >= 11 is 0. The maximum Gasteiger partial charge on any atom is 0.258 e. The van der Waals surface area contributed by atoms with Crippen LogP contribution in [0.4, 0.5) is 4.39 Å². The van der Waals surface area contributed by atoms with E-state index < -0.39 is 17.1 Å². The second kappa shape index (κ2) is 4.72. The van der Waals surface area contributed by atoms with Crippen LogP contribution in [0.3, 0.4) is 0 Å². The lowest BCUT2D eigenvalue weighted by Gasteiger charge is -2.08. The lowest BCUT2D eigenvalue weighted by molar-refractivity contribution is 0.432. The van der Waals surface area contributed by atoms with Gasteiger partial charge in [0, 0.05) is 5.56 Å². The summed E-state index contributed by atoms with van der Waals surface area (Å²) in [5, 5.41) is 18.9. The Kier molecular flexibility index (Phi) is 3.25. The summed E-state index contributed by atoms with van der Waals surface area (Å²) in [6.45, 7) is 3.51. The summed E-state index contributed by atoms with van der Waals surface area (Å²) in [7, 11) is 0. The molecule has 1 aromatic heterocycles. The molecule has 0 fully saturated rings. The second-order valence-corrected chi connectivity index (χ2v) is 4.47. The number of H-pyrrole nitrogens is 1. The number of hydrogen-bond acceptors (Lipinski definition) is 4. The third-order valence-corrected chi connectivity index (χ3v) is 2.73. The molecule has 0 saturated heterocycles. The summed E-state index contributed by atoms with van der Waals surface area (Å²) in [6.07, 6.45) is 0. The molecule has 0 unspecified atom stereocenters. The zero-order valence-electron chi connectivity index (χ0n) is 10.4. The molecule has 3 N–H and O–H groups in total. The number of aromatic amines is 1. The molecule has 5 nitrogen and oxygen atoms in total. The molecule has 0 bridgehead atoms. The van der Waals surface area contributed by atoms with Crippen LogP contribution >= 0.6 is 0 Å². The zero-order valence-corrected chi connectivity index (χ0v) is 10.4. The van der Waals surface area contributed by atoms with Crippen LogP contribution in [0.5, 0.6) is 11.6 Å². The minimum Gasteiger partial charge on any atom is -0.505 e. The highest BCUT2D eigenvalue weighted by atomic mass is 19.1. The Labute approximate surface area is 108 Å². The first-order valence-corrected chi connectivity index (χ1v) is 5.72. The number of phenolic OH excluding ortho intramolecular Hbond substituents is 1. The number of nitrogens with zero attached hydrogens (tertiary/aromatic N) is 1. The van der Waals surface area contributed by atoms with Gasteiger partial charge in [-0.2, -0.15) is 4.98 Å². The summed E-state index contributed by atoms with van der Waals surface area (Å²) in [5.74, 6) is -1.82. The van der Waals surface area contributed by atoms with E-state index in [1.165, 1.54) is 6.07 Å². The van der Waals surface area contributed by atoms with Gasteiger partial charge in [0.05, 0.1) is 5.56 Å². The lowest BCUT2D eigenvalue weighted by atomic mass is 10.1. The van der Waals surface area contributed by atoms with Crippen molar-refractivity contribution >= 4 is 0 Å². The van der Waals surface area contributed by atoms with Crippen molar-refractivity contribution in [3.8, 4) is 23.0 Å². The summed E-state index contributed by atoms with van der Waals surface area (Å²) in [6, 6.07) is 3.57. The van der Waals surface area contributed by atoms with Crippen LogP contribution < -0.4 is 5.56 Å². The third-order valence-electron chi connectivity index (χ3n) is 2.73. The van der Waals surface area contributed by atoms with E-state index in [2.05, 4.69) is 9.97 Å². The van der Waals surface area contributed by atoms with Crippen molar-refractivity contribution in [2.24, 2.45) is 0 Å². The van der Waals surface area contributed by atoms with Gasteiger partial charge in [-0.3, -0.25) is 4.79 Å². The van der Waals surface area contributed by atoms with E-state index >= 15 is 0 Å². The highest BCUT2D eigenvalue weighted by Gasteiger charge is 2.15. The van der Waals surface area contributed by atoms with Crippen molar-refractivity contribution < 1.29 is 14.6 Å². The fourth-order valence-electron chi connectivity index (χ4n) is 1.78. The Morgan fingerprint density at radius 2 is 2.00 bits per heavy atom. The average molecular weight is 264 g/mol. The van der Waals surface area contributed by atoms with Crippen LogP contribution in [0.25, 0.3) is 11.4 Å². The van der Waals surface area contributed by atoms with Gasteiger partial charge in [-0.05, 0) is 24.1 Å². The molecule has 19 heavy (non-hydrogen) atoms. The molecular formula is C13H13FN2O3. The van der Waals surface area contributed by atoms with Crippen molar-refractivity contribution in [3.05, 3.63) is 39.9 Å². The molecule has 0 aliphatic carbocycles. The molecule has 0 atom stereocenters. The molecule has 6 heteroatoms. The summed E-state index contributed by atoms with van der Waals surface area (Å²) in [4.78, 5) is 18.2. The Hall–Kier alpha value is -2.37. The van der Waals surface area contributed by atoms with E-state index in [-0.39, 0.29) is 28.7 Å². The monoisotopic (exact) mass is 264 g/mol. The third kappa shape index (κ3) is 2.42. The minimum atomic E-state index is -0.826. The van der Waals surface area contributed by atoms with E-state index in [0.29, 0.717) is 0 Å². The van der Waals surface area contributed by atoms with Gasteiger partial charge in [0.2, 0.25) is 5.88 Å². The van der Waals surface area contributed by atoms with Crippen LogP contribution in [0, 0.1) is 5.82 Å². The average Bonchev–Trinajstić information content (AvgIpc) is 2.31. The summed E-state index contributed by atoms with van der Waals surface area (Å²) < 4.78 is 13.2. The first-order chi connectivity index (χ1) is 8.90. The molecule has 0 amide bonds. The number of aromatic nitrogens is 2. The Bertz CT molecular complexity index is 680. The standard InChI is InChI=1S/C13H13FN2O3/c1-6(2)10-12(18)15-11(16-13(10)19)7-3-4-9(17)8(14)5-7/h3-6,17H,1-2H3,(H2,15,16,18,19). The maximum atomic E-state index is 13.2. The molecule has 0 saturated carbocycles. The van der Waals surface area contributed by atoms with Crippen LogP contribution in [-0.2, 0) is 0 Å². The quantitative estimate of drug-likeness (QED) is 0.775. The normalized spacial score (nSPS) is 10.9. The van der Waals surface area contributed by atoms with Gasteiger partial charge in [0.15, 0.2) is 11.6 Å². The molecule has 0 aliphatic heterocycles. The van der Waals surface area contributed by atoms with Crippen molar-refractivity contribution in [1.29, 1.82) is 0 Å². The molecule has 0 spiro atoms. The number of benzene rings is 1. The number of aromatic hydroxyl groups is 2.